The number of morpholine rings is 1. The Morgan fingerprint density at radius 1 is 1.32 bits per heavy atom. The Morgan fingerprint density at radius 3 is 2.64 bits per heavy atom. The summed E-state index contributed by atoms with van der Waals surface area (Å²) in [5.41, 5.74) is 6.28. The van der Waals surface area contributed by atoms with Crippen molar-refractivity contribution in [2.24, 2.45) is 0 Å². The van der Waals surface area contributed by atoms with Crippen LogP contribution in [-0.2, 0) is 9.53 Å². The number of anilines is 1. The van der Waals surface area contributed by atoms with Gasteiger partial charge in [-0.15, -0.1) is 0 Å². The smallest absolute Gasteiger partial charge is 0.244 e. The van der Waals surface area contributed by atoms with Gasteiger partial charge in [0.2, 0.25) is 5.91 Å². The van der Waals surface area contributed by atoms with E-state index in [9.17, 15) is 9.18 Å². The molecule has 2 rings (SSSR count). The third-order valence-electron chi connectivity index (χ3n) is 4.07. The number of hydrogen-bond acceptors (Lipinski definition) is 3. The van der Waals surface area contributed by atoms with Crippen molar-refractivity contribution in [1.29, 1.82) is 0 Å². The maximum absolute atomic E-state index is 13.5. The first-order valence-electron chi connectivity index (χ1n) is 8.44. The predicted molar refractivity (Wildman–Crippen MR) is 98.8 cm³/mol. The number of carbonyl (C=O) groups is 1. The van der Waals surface area contributed by atoms with Crippen LogP contribution in [0.4, 0.5) is 10.1 Å². The average molecular weight is 369 g/mol. The minimum absolute atomic E-state index is 0.140. The van der Waals surface area contributed by atoms with Gasteiger partial charge in [0, 0.05) is 5.69 Å². The van der Waals surface area contributed by atoms with Gasteiger partial charge in [-0.3, -0.25) is 15.6 Å². The Balaban J connectivity index is 1.68. The number of benzene rings is 1. The summed E-state index contributed by atoms with van der Waals surface area (Å²) in [4.78, 5) is 13.3. The van der Waals surface area contributed by atoms with E-state index in [-0.39, 0.29) is 29.0 Å². The summed E-state index contributed by atoms with van der Waals surface area (Å²) in [7, 11) is 0. The van der Waals surface area contributed by atoms with E-state index >= 15 is 0 Å². The van der Waals surface area contributed by atoms with Crippen molar-refractivity contribution in [3.05, 3.63) is 29.6 Å². The lowest BCUT2D eigenvalue weighted by Gasteiger charge is -2.32. The van der Waals surface area contributed by atoms with Crippen LogP contribution < -0.4 is 21.1 Å². The number of hydrogen-bond donors (Lipinski definition) is 4. The van der Waals surface area contributed by atoms with E-state index in [1.807, 2.05) is 0 Å². The zero-order valence-corrected chi connectivity index (χ0v) is 15.6. The van der Waals surface area contributed by atoms with E-state index in [4.69, 9.17) is 17.0 Å². The molecule has 1 heterocycles. The molecule has 0 saturated carbocycles. The number of hydrazine groups is 1. The molecule has 1 aliphatic heterocycles. The van der Waals surface area contributed by atoms with Crippen molar-refractivity contribution in [1.82, 2.24) is 10.9 Å². The molecule has 0 aliphatic carbocycles. The number of aryl methyl sites for hydroxylation is 1. The van der Waals surface area contributed by atoms with Crippen molar-refractivity contribution in [2.45, 2.75) is 39.4 Å². The van der Waals surface area contributed by atoms with Gasteiger partial charge in [-0.2, -0.15) is 0 Å². The second-order valence-corrected chi connectivity index (χ2v) is 6.92. The fraction of sp³-hybridized carbons (Fsp3) is 0.529. The molecule has 0 aromatic heterocycles. The zero-order chi connectivity index (χ0) is 18.4. The second kappa shape index (κ2) is 9.07. The third-order valence-corrected chi connectivity index (χ3v) is 4.27. The zero-order valence-electron chi connectivity index (χ0n) is 14.8. The van der Waals surface area contributed by atoms with E-state index in [0.717, 1.165) is 19.6 Å². The molecule has 0 radical (unpaired) electrons. The molecule has 0 spiro atoms. The van der Waals surface area contributed by atoms with Gasteiger partial charge in [-0.05, 0) is 50.7 Å². The Kier molecular flexibility index (Phi) is 7.10. The highest BCUT2D eigenvalue weighted by Crippen LogP contribution is 2.13. The summed E-state index contributed by atoms with van der Waals surface area (Å²) >= 11 is 5.09. The molecule has 1 amide bonds. The van der Waals surface area contributed by atoms with E-state index < -0.39 is 0 Å². The summed E-state index contributed by atoms with van der Waals surface area (Å²) in [6.45, 7) is 8.35. The van der Waals surface area contributed by atoms with Crippen LogP contribution in [0.25, 0.3) is 0 Å². The molecule has 1 aliphatic rings. The first-order chi connectivity index (χ1) is 11.8. The van der Waals surface area contributed by atoms with E-state index in [0.29, 0.717) is 17.7 Å². The molecular weight excluding hydrogens is 343 g/mol. The fourth-order valence-corrected chi connectivity index (χ4v) is 3.07. The summed E-state index contributed by atoms with van der Waals surface area (Å²) in [5, 5.41) is 3.03. The molecule has 0 unspecified atom stereocenters. The van der Waals surface area contributed by atoms with E-state index in [1.54, 1.807) is 19.1 Å². The highest BCUT2D eigenvalue weighted by molar-refractivity contribution is 7.80. The summed E-state index contributed by atoms with van der Waals surface area (Å²) in [6.07, 6.45) is 0.821. The van der Waals surface area contributed by atoms with Gasteiger partial charge in [0.05, 0.1) is 13.0 Å². The van der Waals surface area contributed by atoms with Crippen molar-refractivity contribution in [3.8, 4) is 0 Å². The van der Waals surface area contributed by atoms with Gasteiger partial charge in [0.1, 0.15) is 31.1 Å². The Hall–Kier alpha value is -1.77. The standard InChI is InChI=1S/C17H25FN4O2S/c1-11-4-5-14(8-15(11)18)19-17(25)21-20-16(23)6-7-22-9-12(2)24-13(3)10-22/h4-5,8,12-13H,6-7,9-10H2,1-3H3,(H,20,23)(H2,19,21,25)/p+1/t12-,13-/m0/s1. The topological polar surface area (TPSA) is 66.8 Å². The van der Waals surface area contributed by atoms with Gasteiger partial charge in [0.25, 0.3) is 0 Å². The molecule has 1 fully saturated rings. The normalized spacial score (nSPS) is 23.0. The van der Waals surface area contributed by atoms with Gasteiger partial charge >= 0.3 is 0 Å². The molecule has 1 saturated heterocycles. The number of ether oxygens (including phenoxy) is 1. The Bertz CT molecular complexity index is 619. The minimum Gasteiger partial charge on any atom is -0.364 e. The number of halogens is 1. The molecular formula is C17H26FN4O2S+. The molecule has 1 aromatic carbocycles. The molecule has 1 aromatic rings. The summed E-state index contributed by atoms with van der Waals surface area (Å²) in [5.74, 6) is -0.452. The molecule has 25 heavy (non-hydrogen) atoms. The predicted octanol–water partition coefficient (Wildman–Crippen LogP) is 0.534. The number of carbonyl (C=O) groups excluding carboxylic acids is 1. The SMILES string of the molecule is Cc1ccc(NC(=S)NNC(=O)CC[NH+]2C[C@H](C)O[C@@H](C)C2)cc1F. The van der Waals surface area contributed by atoms with E-state index in [1.165, 1.54) is 11.0 Å². The van der Waals surface area contributed by atoms with Crippen LogP contribution in [0.2, 0.25) is 0 Å². The van der Waals surface area contributed by atoms with Crippen LogP contribution in [0.3, 0.4) is 0 Å². The lowest BCUT2D eigenvalue weighted by molar-refractivity contribution is -0.914. The van der Waals surface area contributed by atoms with Gasteiger partial charge in [-0.1, -0.05) is 6.07 Å². The monoisotopic (exact) mass is 369 g/mol. The number of rotatable bonds is 4. The molecule has 8 heteroatoms. The van der Waals surface area contributed by atoms with Crippen LogP contribution in [0, 0.1) is 12.7 Å². The summed E-state index contributed by atoms with van der Waals surface area (Å²) < 4.78 is 19.2. The minimum atomic E-state index is -0.311. The first-order valence-corrected chi connectivity index (χ1v) is 8.85. The van der Waals surface area contributed by atoms with Crippen LogP contribution in [-0.4, -0.2) is 42.9 Å². The number of thiocarbonyl (C=S) groups is 1. The van der Waals surface area contributed by atoms with Gasteiger partial charge < -0.3 is 15.0 Å². The lowest BCUT2D eigenvalue weighted by atomic mass is 10.2. The Morgan fingerprint density at radius 2 is 2.00 bits per heavy atom. The highest BCUT2D eigenvalue weighted by Gasteiger charge is 2.25. The fourth-order valence-electron chi connectivity index (χ4n) is 2.91. The van der Waals surface area contributed by atoms with Crippen LogP contribution >= 0.6 is 12.2 Å². The third kappa shape index (κ3) is 6.56. The first kappa shape index (κ1) is 19.6. The average Bonchev–Trinajstić information content (AvgIpc) is 2.53. The van der Waals surface area contributed by atoms with Crippen molar-refractivity contribution < 1.29 is 18.8 Å². The molecule has 2 atom stereocenters. The summed E-state index contributed by atoms with van der Waals surface area (Å²) in [6, 6.07) is 4.74. The quantitative estimate of drug-likeness (QED) is 0.461. The van der Waals surface area contributed by atoms with Gasteiger partial charge in [0.15, 0.2) is 5.11 Å². The number of amides is 1. The maximum Gasteiger partial charge on any atom is 0.244 e. The van der Waals surface area contributed by atoms with Crippen molar-refractivity contribution in [3.63, 3.8) is 0 Å². The van der Waals surface area contributed by atoms with Gasteiger partial charge in [-0.25, -0.2) is 4.39 Å². The second-order valence-electron chi connectivity index (χ2n) is 6.51. The van der Waals surface area contributed by atoms with Crippen LogP contribution in [0.15, 0.2) is 18.2 Å². The maximum atomic E-state index is 13.5. The van der Waals surface area contributed by atoms with Crippen molar-refractivity contribution in [2.75, 3.05) is 25.0 Å². The molecule has 138 valence electrons. The van der Waals surface area contributed by atoms with Crippen molar-refractivity contribution >= 4 is 28.9 Å². The molecule has 6 nitrogen and oxygen atoms in total. The number of nitrogens with one attached hydrogen (secondary N) is 4. The number of quaternary nitrogens is 1. The molecule has 4 N–H and O–H groups in total. The Labute approximate surface area is 153 Å². The van der Waals surface area contributed by atoms with Crippen LogP contribution in [0.1, 0.15) is 25.8 Å². The van der Waals surface area contributed by atoms with Crippen LogP contribution in [0.5, 0.6) is 0 Å². The van der Waals surface area contributed by atoms with E-state index in [2.05, 4.69) is 30.0 Å². The molecule has 0 bridgehead atoms. The lowest BCUT2D eigenvalue weighted by Crippen LogP contribution is -3.15. The largest absolute Gasteiger partial charge is 0.364 e. The highest BCUT2D eigenvalue weighted by atomic mass is 32.1.